The van der Waals surface area contributed by atoms with Gasteiger partial charge < -0.3 is 18.8 Å². The maximum Gasteiger partial charge on any atom is 0.410 e. The van der Waals surface area contributed by atoms with Crippen LogP contribution in [0.25, 0.3) is 11.3 Å². The Morgan fingerprint density at radius 2 is 1.68 bits per heavy atom. The molecule has 9 nitrogen and oxygen atoms in total. The average Bonchev–Trinajstić information content (AvgIpc) is 3.81. The van der Waals surface area contributed by atoms with E-state index in [0.717, 1.165) is 74.6 Å². The number of benzene rings is 1. The fourth-order valence-corrected chi connectivity index (χ4v) is 7.76. The van der Waals surface area contributed by atoms with Crippen LogP contribution in [0.15, 0.2) is 47.1 Å². The summed E-state index contributed by atoms with van der Waals surface area (Å²) < 4.78 is 17.4. The molecule has 0 bridgehead atoms. The molecule has 9 heteroatoms. The van der Waals surface area contributed by atoms with E-state index in [2.05, 4.69) is 37.0 Å². The van der Waals surface area contributed by atoms with Gasteiger partial charge in [0.05, 0.1) is 13.3 Å². The number of oxazole rings is 1. The molecule has 0 unspecified atom stereocenters. The lowest BCUT2D eigenvalue weighted by molar-refractivity contribution is -0.124. The summed E-state index contributed by atoms with van der Waals surface area (Å²) in [6.07, 6.45) is 12.6. The van der Waals surface area contributed by atoms with Gasteiger partial charge in [0.25, 0.3) is 0 Å². The van der Waals surface area contributed by atoms with Gasteiger partial charge in [-0.1, -0.05) is 19.1 Å². The van der Waals surface area contributed by atoms with Gasteiger partial charge in [-0.25, -0.2) is 14.8 Å². The number of likely N-dealkylation sites (tertiary alicyclic amines) is 1. The third-order valence-electron chi connectivity index (χ3n) is 10.8. The first-order chi connectivity index (χ1) is 22.8. The zero-order valence-electron chi connectivity index (χ0n) is 28.0. The molecular weight excluding hydrogens is 592 g/mol. The smallest absolute Gasteiger partial charge is 0.410 e. The first-order valence-corrected chi connectivity index (χ1v) is 17.7. The van der Waals surface area contributed by atoms with Gasteiger partial charge in [-0.15, -0.1) is 0 Å². The van der Waals surface area contributed by atoms with Crippen LogP contribution in [0.1, 0.15) is 100.0 Å². The molecular formula is C38H48N4O5. The number of anilines is 1. The molecule has 3 aromatic rings. The Morgan fingerprint density at radius 3 is 2.36 bits per heavy atom. The van der Waals surface area contributed by atoms with Crippen molar-refractivity contribution in [1.29, 1.82) is 0 Å². The van der Waals surface area contributed by atoms with E-state index in [1.165, 1.54) is 11.1 Å². The Bertz CT molecular complexity index is 1560. The molecule has 0 spiro atoms. The summed E-state index contributed by atoms with van der Waals surface area (Å²) >= 11 is 0. The maximum absolute atomic E-state index is 14.4. The molecule has 3 heterocycles. The van der Waals surface area contributed by atoms with Crippen molar-refractivity contribution in [3.05, 3.63) is 59.7 Å². The fourth-order valence-electron chi connectivity index (χ4n) is 7.76. The van der Waals surface area contributed by atoms with Crippen LogP contribution in [-0.2, 0) is 9.53 Å². The van der Waals surface area contributed by atoms with Gasteiger partial charge in [0.15, 0.2) is 11.7 Å². The highest BCUT2D eigenvalue weighted by Crippen LogP contribution is 2.41. The van der Waals surface area contributed by atoms with Crippen molar-refractivity contribution in [1.82, 2.24) is 14.9 Å². The van der Waals surface area contributed by atoms with E-state index in [4.69, 9.17) is 18.9 Å². The topological polar surface area (TPSA) is 98.0 Å². The number of carbonyl (C=O) groups is 2. The second-order valence-corrected chi connectivity index (χ2v) is 14.5. The predicted octanol–water partition coefficient (Wildman–Crippen LogP) is 7.89. The number of rotatable bonds is 9. The number of ether oxygens (including phenoxy) is 2. The van der Waals surface area contributed by atoms with Crippen LogP contribution in [-0.4, -0.2) is 59.7 Å². The van der Waals surface area contributed by atoms with Crippen LogP contribution in [0, 0.1) is 24.7 Å². The Labute approximate surface area is 278 Å². The molecule has 7 rings (SSSR count). The first kappa shape index (κ1) is 31.7. The molecule has 4 fully saturated rings. The zero-order chi connectivity index (χ0) is 32.5. The summed E-state index contributed by atoms with van der Waals surface area (Å²) in [5, 5.41) is 0. The Hall–Kier alpha value is -3.88. The van der Waals surface area contributed by atoms with Crippen molar-refractivity contribution in [3.63, 3.8) is 0 Å². The minimum atomic E-state index is -0.210. The standard InChI is InChI=1S/C38H48N4O5/c1-24-21-41(22-24)38(44)46-32-13-10-29(11-14-32)37(43)42(35-19-31(16-17-39-35)34-20-40-36(47-34)28-8-9-28)23-26-4-6-27(7-5-26)30-12-15-33(45-3)25(2)18-30/h12,15-20,24,26-29,32H,4-11,13-14,21-23H2,1-3H3. The van der Waals surface area contributed by atoms with Crippen molar-refractivity contribution < 1.29 is 23.5 Å². The van der Waals surface area contributed by atoms with Gasteiger partial charge in [0.1, 0.15) is 17.7 Å². The van der Waals surface area contributed by atoms with E-state index in [1.54, 1.807) is 24.4 Å². The first-order valence-electron chi connectivity index (χ1n) is 17.7. The SMILES string of the molecule is COc1ccc(C2CCC(CN(C(=O)C3CCC(OC(=O)N4CC(C)C4)CC3)c3cc(-c4cnc(C5CC5)o4)ccn3)CC2)cc1C. The molecule has 0 N–H and O–H groups in total. The van der Waals surface area contributed by atoms with Crippen LogP contribution in [0.5, 0.6) is 5.75 Å². The number of aryl methyl sites for hydroxylation is 1. The molecule has 3 aliphatic carbocycles. The normalized spacial score (nSPS) is 24.8. The average molecular weight is 641 g/mol. The number of pyridine rings is 1. The molecule has 1 aliphatic heterocycles. The summed E-state index contributed by atoms with van der Waals surface area (Å²) in [7, 11) is 1.72. The molecule has 1 aromatic carbocycles. The molecule has 3 saturated carbocycles. The van der Waals surface area contributed by atoms with Crippen LogP contribution in [0.3, 0.4) is 0 Å². The van der Waals surface area contributed by atoms with E-state index in [9.17, 15) is 9.59 Å². The quantitative estimate of drug-likeness (QED) is 0.235. The number of hydrogen-bond donors (Lipinski definition) is 0. The Balaban J connectivity index is 1.04. The lowest BCUT2D eigenvalue weighted by Gasteiger charge is -2.38. The summed E-state index contributed by atoms with van der Waals surface area (Å²) in [6.45, 7) is 6.43. The van der Waals surface area contributed by atoms with Gasteiger partial charge in [0.2, 0.25) is 5.91 Å². The van der Waals surface area contributed by atoms with Crippen molar-refractivity contribution >= 4 is 17.8 Å². The Morgan fingerprint density at radius 1 is 0.936 bits per heavy atom. The van der Waals surface area contributed by atoms with E-state index >= 15 is 0 Å². The van der Waals surface area contributed by atoms with E-state index in [1.807, 2.05) is 17.0 Å². The van der Waals surface area contributed by atoms with Gasteiger partial charge >= 0.3 is 6.09 Å². The van der Waals surface area contributed by atoms with Crippen LogP contribution in [0.2, 0.25) is 0 Å². The summed E-state index contributed by atoms with van der Waals surface area (Å²) in [5.74, 6) is 5.01. The number of amides is 2. The molecule has 1 saturated heterocycles. The van der Waals surface area contributed by atoms with Gasteiger partial charge in [0, 0.05) is 43.2 Å². The van der Waals surface area contributed by atoms with E-state index in [-0.39, 0.29) is 24.0 Å². The third-order valence-corrected chi connectivity index (χ3v) is 10.8. The highest BCUT2D eigenvalue weighted by atomic mass is 16.6. The number of aromatic nitrogens is 2. The highest BCUT2D eigenvalue weighted by Gasteiger charge is 2.36. The van der Waals surface area contributed by atoms with Gasteiger partial charge in [-0.3, -0.25) is 9.69 Å². The summed E-state index contributed by atoms with van der Waals surface area (Å²) in [6, 6.07) is 10.5. The van der Waals surface area contributed by atoms with Gasteiger partial charge in [-0.2, -0.15) is 0 Å². The monoisotopic (exact) mass is 640 g/mol. The second kappa shape index (κ2) is 13.7. The van der Waals surface area contributed by atoms with Crippen molar-refractivity contribution in [2.45, 2.75) is 96.0 Å². The lowest BCUT2D eigenvalue weighted by Crippen LogP contribution is -2.50. The summed E-state index contributed by atoms with van der Waals surface area (Å²) in [5.41, 5.74) is 3.44. The van der Waals surface area contributed by atoms with Crippen molar-refractivity contribution in [3.8, 4) is 17.1 Å². The number of methoxy groups -OCH3 is 1. The maximum atomic E-state index is 14.4. The van der Waals surface area contributed by atoms with Crippen LogP contribution < -0.4 is 9.64 Å². The second-order valence-electron chi connectivity index (χ2n) is 14.5. The number of carbonyl (C=O) groups excluding carboxylic acids is 2. The number of nitrogens with zero attached hydrogens (tertiary/aromatic N) is 4. The molecule has 4 aliphatic rings. The molecule has 2 amide bonds. The predicted molar refractivity (Wildman–Crippen MR) is 179 cm³/mol. The van der Waals surface area contributed by atoms with Crippen LogP contribution >= 0.6 is 0 Å². The zero-order valence-corrected chi connectivity index (χ0v) is 28.0. The molecule has 0 atom stereocenters. The third kappa shape index (κ3) is 7.19. The minimum Gasteiger partial charge on any atom is -0.496 e. The van der Waals surface area contributed by atoms with E-state index in [0.29, 0.717) is 61.7 Å². The largest absolute Gasteiger partial charge is 0.496 e. The summed E-state index contributed by atoms with van der Waals surface area (Å²) in [4.78, 5) is 39.9. The Kier molecular flexibility index (Phi) is 9.24. The molecule has 250 valence electrons. The van der Waals surface area contributed by atoms with Crippen molar-refractivity contribution in [2.24, 2.45) is 17.8 Å². The molecule has 47 heavy (non-hydrogen) atoms. The highest BCUT2D eigenvalue weighted by molar-refractivity contribution is 5.94. The van der Waals surface area contributed by atoms with Gasteiger partial charge in [-0.05, 0) is 118 Å². The molecule has 0 radical (unpaired) electrons. The fraction of sp³-hybridized carbons (Fsp3) is 0.579. The van der Waals surface area contributed by atoms with E-state index < -0.39 is 0 Å². The van der Waals surface area contributed by atoms with Crippen molar-refractivity contribution in [2.75, 3.05) is 31.6 Å². The molecule has 2 aromatic heterocycles. The minimum absolute atomic E-state index is 0.121. The number of hydrogen-bond acceptors (Lipinski definition) is 7. The lowest BCUT2D eigenvalue weighted by atomic mass is 9.78. The van der Waals surface area contributed by atoms with Crippen LogP contribution in [0.4, 0.5) is 10.6 Å².